The van der Waals surface area contributed by atoms with Gasteiger partial charge in [-0.3, -0.25) is 67.2 Å². The molecule has 1 heterocycles. The zero-order valence-corrected chi connectivity index (χ0v) is 66.3. The second-order valence-electron chi connectivity index (χ2n) is 27.8. The van der Waals surface area contributed by atoms with Gasteiger partial charge in [-0.1, -0.05) is 111 Å². The van der Waals surface area contributed by atoms with Crippen molar-refractivity contribution >= 4 is 125 Å². The number of amides is 13. The molecule has 0 radical (unpaired) electrons. The summed E-state index contributed by atoms with van der Waals surface area (Å²) in [5.41, 5.74) is 19.9. The zero-order chi connectivity index (χ0) is 84.3. The standard InChI is InChI=1S/C77H109N17O18S2/c1-42(2)62(80)73(107)82-38-61(98)85-59(40-113)72(106)87-53(30-18-20-32-78)67(101)83-43(3)65(99)88-55(34-47-22-10-7-11-23-47)69(103)89-56(35-48-24-12-8-13-25-48)70(104)90-57(36-49-37-81-52-29-17-16-28-51(49)52)71(105)86-54(31-19-21-33-79)68(102)93-63(45(5)96)74(108)84-44(4)66(100)92-64(46(6)97)75(109)91-58(39-95)76(110)94(60(41-114)77(111)112)50-26-14-9-15-27-50/h7-17,22-29,37,42-46,53-60,62-64,81,95-97,113-114H,18-21,30-36,38-41,78-80H2,1-6H3,(H,82,107)(H,83,101)(H,84,108)(H,85,98)(H,86,105)(H,87,106)(H,88,99)(H,89,103)(H,90,104)(H,91,109)(H,92,100)(H,93,102)(H,111,112)/t43-,44-,45+,46+,53-,54-,55+,56-,57+,58-,59-,60-,62+,63-,64-/m0/s1. The fourth-order valence-electron chi connectivity index (χ4n) is 11.8. The summed E-state index contributed by atoms with van der Waals surface area (Å²) >= 11 is 8.32. The van der Waals surface area contributed by atoms with Crippen LogP contribution in [0, 0.1) is 5.92 Å². The van der Waals surface area contributed by atoms with Crippen LogP contribution in [-0.4, -0.2) is 237 Å². The van der Waals surface area contributed by atoms with Crippen molar-refractivity contribution in [2.45, 2.75) is 190 Å². The zero-order valence-electron chi connectivity index (χ0n) is 64.5. The molecule has 0 spiro atoms. The van der Waals surface area contributed by atoms with Crippen molar-refractivity contribution < 1.29 is 87.5 Å². The number of carboxylic acids is 1. The topological polar surface area (TPSA) is 561 Å². The first-order valence-corrected chi connectivity index (χ1v) is 38.7. The monoisotopic (exact) mass is 1620 g/mol. The summed E-state index contributed by atoms with van der Waals surface area (Å²) in [6.45, 7) is 7.03. The highest BCUT2D eigenvalue weighted by atomic mass is 32.1. The fourth-order valence-corrected chi connectivity index (χ4v) is 12.4. The number of carbonyl (C=O) groups excluding carboxylic acids is 13. The smallest absolute Gasteiger partial charge is 0.327 e. The van der Waals surface area contributed by atoms with Crippen LogP contribution in [0.2, 0.25) is 0 Å². The van der Waals surface area contributed by atoms with Gasteiger partial charge in [0, 0.05) is 53.6 Å². The predicted molar refractivity (Wildman–Crippen MR) is 430 cm³/mol. The Morgan fingerprint density at radius 1 is 0.447 bits per heavy atom. The summed E-state index contributed by atoms with van der Waals surface area (Å²) < 4.78 is 0. The van der Waals surface area contributed by atoms with Crippen LogP contribution in [-0.2, 0) is 86.4 Å². The van der Waals surface area contributed by atoms with E-state index in [-0.39, 0.29) is 74.7 Å². The Hall–Kier alpha value is -10.5. The van der Waals surface area contributed by atoms with E-state index < -0.39 is 187 Å². The highest BCUT2D eigenvalue weighted by molar-refractivity contribution is 7.80. The van der Waals surface area contributed by atoms with Gasteiger partial charge in [0.25, 0.3) is 5.91 Å². The van der Waals surface area contributed by atoms with E-state index in [4.69, 9.17) is 17.2 Å². The van der Waals surface area contributed by atoms with E-state index in [1.165, 1.54) is 31.2 Å². The molecule has 0 saturated heterocycles. The van der Waals surface area contributed by atoms with Crippen LogP contribution >= 0.6 is 25.3 Å². The van der Waals surface area contributed by atoms with E-state index in [1.54, 1.807) is 111 Å². The van der Waals surface area contributed by atoms with Crippen LogP contribution in [0.4, 0.5) is 5.69 Å². The fraction of sp³-hybridized carbons (Fsp3) is 0.481. The van der Waals surface area contributed by atoms with Crippen molar-refractivity contribution in [1.29, 1.82) is 0 Å². The van der Waals surface area contributed by atoms with Gasteiger partial charge in [0.1, 0.15) is 72.5 Å². The predicted octanol–water partition coefficient (Wildman–Crippen LogP) is -2.97. The highest BCUT2D eigenvalue weighted by Gasteiger charge is 2.40. The van der Waals surface area contributed by atoms with Crippen LogP contribution in [0.25, 0.3) is 10.9 Å². The van der Waals surface area contributed by atoms with Crippen LogP contribution < -0.4 is 85.9 Å². The number of aliphatic carboxylic acids is 1. The van der Waals surface area contributed by atoms with E-state index in [0.29, 0.717) is 46.9 Å². The minimum Gasteiger partial charge on any atom is -0.480 e. The Morgan fingerprint density at radius 2 is 0.851 bits per heavy atom. The lowest BCUT2D eigenvalue weighted by Gasteiger charge is -2.32. The molecule has 5 rings (SSSR count). The summed E-state index contributed by atoms with van der Waals surface area (Å²) in [4.78, 5) is 199. The number of aromatic nitrogens is 1. The number of carbonyl (C=O) groups is 14. The van der Waals surface area contributed by atoms with Gasteiger partial charge in [-0.15, -0.1) is 0 Å². The molecule has 35 nitrogen and oxygen atoms in total. The second kappa shape index (κ2) is 47.9. The average molecular weight is 1620 g/mol. The number of aliphatic hydroxyl groups excluding tert-OH is 3. The van der Waals surface area contributed by atoms with Crippen LogP contribution in [0.15, 0.2) is 121 Å². The van der Waals surface area contributed by atoms with Crippen molar-refractivity contribution in [2.24, 2.45) is 23.1 Å². The Kier molecular flexibility index (Phi) is 39.5. The number of para-hydroxylation sites is 2. The number of aliphatic hydroxyl groups is 3. The summed E-state index contributed by atoms with van der Waals surface area (Å²) in [6.07, 6.45) is -1.16. The molecule has 0 saturated carbocycles. The van der Waals surface area contributed by atoms with Gasteiger partial charge in [-0.05, 0) is 120 Å². The number of fused-ring (bicyclic) bond motifs is 1. The van der Waals surface area contributed by atoms with Gasteiger partial charge < -0.3 is 106 Å². The highest BCUT2D eigenvalue weighted by Crippen LogP contribution is 2.22. The molecule has 0 aliphatic carbocycles. The third-order valence-electron chi connectivity index (χ3n) is 18.5. The second-order valence-corrected chi connectivity index (χ2v) is 28.6. The quantitative estimate of drug-likeness (QED) is 0.0137. The van der Waals surface area contributed by atoms with Crippen molar-refractivity contribution in [3.8, 4) is 0 Å². The number of hydrogen-bond donors (Lipinski definition) is 22. The third-order valence-corrected chi connectivity index (χ3v) is 19.2. The number of benzene rings is 4. The number of unbranched alkanes of at least 4 members (excludes halogenated alkanes) is 2. The lowest BCUT2D eigenvalue weighted by Crippen LogP contribution is -2.63. The number of nitrogens with zero attached hydrogens (tertiary/aromatic N) is 1. The first-order chi connectivity index (χ1) is 54.3. The van der Waals surface area contributed by atoms with E-state index in [1.807, 2.05) is 0 Å². The van der Waals surface area contributed by atoms with Gasteiger partial charge in [-0.2, -0.15) is 25.3 Å². The molecule has 1 aromatic heterocycles. The molecule has 15 atom stereocenters. The van der Waals surface area contributed by atoms with Gasteiger partial charge in [0.15, 0.2) is 0 Å². The third kappa shape index (κ3) is 29.5. The Labute approximate surface area is 671 Å². The number of H-pyrrole nitrogens is 1. The van der Waals surface area contributed by atoms with Gasteiger partial charge >= 0.3 is 5.97 Å². The normalized spacial score (nSPS) is 15.2. The van der Waals surface area contributed by atoms with Crippen molar-refractivity contribution in [3.63, 3.8) is 0 Å². The number of thiol groups is 2. The number of carboxylic acid groups (broad SMARTS) is 1. The first-order valence-electron chi connectivity index (χ1n) is 37.5. The molecular weight excluding hydrogens is 1520 g/mol. The molecule has 114 heavy (non-hydrogen) atoms. The summed E-state index contributed by atoms with van der Waals surface area (Å²) in [7, 11) is 0. The summed E-state index contributed by atoms with van der Waals surface area (Å²) in [5.74, 6) is -14.5. The SMILES string of the molecule is CC(C)[C@@H](N)C(=O)NCC(=O)N[C@@H](CS)C(=O)N[C@@H](CCCCN)C(=O)N[C@@H](C)C(=O)N[C@H](Cc1ccccc1)C(=O)N[C@@H](Cc1ccccc1)C(=O)N[C@H](Cc1c[nH]c2ccccc12)C(=O)N[C@@H](CCCCN)C(=O)N[C@H](C(=O)N[C@@H](C)C(=O)N[C@H](C(=O)N[C@@H](CO)C(=O)N(c1ccccc1)[C@@H](CS)C(=O)O)[C@@H](C)O)[C@@H](C)O. The maximum absolute atomic E-state index is 15.3. The Bertz CT molecular complexity index is 4030. The van der Waals surface area contributed by atoms with E-state index in [0.717, 1.165) is 25.7 Å². The number of nitrogens with two attached hydrogens (primary N) is 3. The molecule has 622 valence electrons. The molecular formula is C77H109N17O18S2. The molecule has 37 heteroatoms. The summed E-state index contributed by atoms with van der Waals surface area (Å²) in [6, 6.07) is 11.9. The molecule has 23 N–H and O–H groups in total. The van der Waals surface area contributed by atoms with Crippen LogP contribution in [0.1, 0.15) is 96.8 Å². The minimum absolute atomic E-state index is 0.0371. The van der Waals surface area contributed by atoms with Crippen molar-refractivity contribution in [3.05, 3.63) is 138 Å². The van der Waals surface area contributed by atoms with Gasteiger partial charge in [-0.25, -0.2) is 4.79 Å². The molecule has 0 aliphatic heterocycles. The maximum Gasteiger partial charge on any atom is 0.327 e. The molecule has 0 fully saturated rings. The Balaban J connectivity index is 1.39. The minimum atomic E-state index is -1.87. The molecule has 0 bridgehead atoms. The molecule has 0 aliphatic rings. The van der Waals surface area contributed by atoms with E-state index in [9.17, 15) is 73.2 Å². The summed E-state index contributed by atoms with van der Waals surface area (Å²) in [5, 5.41) is 73.2. The number of aromatic amines is 1. The number of hydrogen-bond acceptors (Lipinski definition) is 22. The van der Waals surface area contributed by atoms with Crippen LogP contribution in [0.5, 0.6) is 0 Å². The lowest BCUT2D eigenvalue weighted by molar-refractivity contribution is -0.140. The van der Waals surface area contributed by atoms with Gasteiger partial charge in [0.05, 0.1) is 31.4 Å². The maximum atomic E-state index is 15.3. The number of nitrogens with one attached hydrogen (secondary N) is 13. The molecule has 5 aromatic rings. The van der Waals surface area contributed by atoms with Gasteiger partial charge in [0.2, 0.25) is 70.9 Å². The number of rotatable bonds is 48. The van der Waals surface area contributed by atoms with Crippen LogP contribution in [0.3, 0.4) is 0 Å². The lowest BCUT2D eigenvalue weighted by atomic mass is 10.00. The number of anilines is 1. The van der Waals surface area contributed by atoms with E-state index in [2.05, 4.69) is 94.0 Å². The van der Waals surface area contributed by atoms with E-state index >= 15 is 14.4 Å². The molecule has 0 unspecified atom stereocenters. The van der Waals surface area contributed by atoms with Crippen molar-refractivity contribution in [1.82, 2.24) is 68.8 Å². The first kappa shape index (κ1) is 94.1. The largest absolute Gasteiger partial charge is 0.480 e. The average Bonchev–Trinajstić information content (AvgIpc) is 1.21. The Morgan fingerprint density at radius 3 is 1.32 bits per heavy atom. The molecule has 4 aromatic carbocycles. The molecule has 13 amide bonds. The van der Waals surface area contributed by atoms with Crippen molar-refractivity contribution in [2.75, 3.05) is 42.6 Å².